The normalized spacial score (nSPS) is 9.83. The molecule has 0 aliphatic rings. The molecule has 0 N–H and O–H groups in total. The number of rotatable bonds is 3. The molecule has 0 radical (unpaired) electrons. The zero-order valence-corrected chi connectivity index (χ0v) is 10.1. The largest absolute Gasteiger partial charge is 0.370 e. The molecule has 0 aliphatic heterocycles. The van der Waals surface area contributed by atoms with Crippen LogP contribution in [0.25, 0.3) is 0 Å². The fourth-order valence-electron chi connectivity index (χ4n) is 1.83. The van der Waals surface area contributed by atoms with Gasteiger partial charge in [0.15, 0.2) is 0 Å². The smallest absolute Gasteiger partial charge is 0.125 e. The highest BCUT2D eigenvalue weighted by molar-refractivity contribution is 5.48. The molecule has 2 nitrogen and oxygen atoms in total. The molecule has 0 spiro atoms. The van der Waals surface area contributed by atoms with Gasteiger partial charge in [0, 0.05) is 19.3 Å². The maximum atomic E-state index is 13.1. The lowest BCUT2D eigenvalue weighted by Crippen LogP contribution is -2.17. The molecule has 90 valence electrons. The molecule has 0 saturated heterocycles. The van der Waals surface area contributed by atoms with Gasteiger partial charge in [-0.05, 0) is 29.8 Å². The van der Waals surface area contributed by atoms with E-state index in [9.17, 15) is 4.39 Å². The molecule has 2 aromatic carbocycles. The molecule has 2 rings (SSSR count). The molecule has 0 fully saturated rings. The van der Waals surface area contributed by atoms with Gasteiger partial charge in [-0.3, -0.25) is 0 Å². The van der Waals surface area contributed by atoms with Crippen molar-refractivity contribution in [1.29, 1.82) is 5.26 Å². The Bertz CT molecular complexity index is 587. The van der Waals surface area contributed by atoms with Gasteiger partial charge in [0.1, 0.15) is 5.82 Å². The van der Waals surface area contributed by atoms with Crippen molar-refractivity contribution < 1.29 is 4.39 Å². The van der Waals surface area contributed by atoms with Crippen molar-refractivity contribution in [3.63, 3.8) is 0 Å². The van der Waals surface area contributed by atoms with Crippen LogP contribution in [0.4, 0.5) is 10.1 Å². The van der Waals surface area contributed by atoms with Gasteiger partial charge in [0.2, 0.25) is 0 Å². The van der Waals surface area contributed by atoms with Gasteiger partial charge in [0.25, 0.3) is 0 Å². The summed E-state index contributed by atoms with van der Waals surface area (Å²) < 4.78 is 13.1. The molecule has 0 aliphatic carbocycles. The van der Waals surface area contributed by atoms with E-state index in [0.717, 1.165) is 11.3 Å². The fourth-order valence-corrected chi connectivity index (χ4v) is 1.83. The van der Waals surface area contributed by atoms with Crippen LogP contribution in [0.2, 0.25) is 0 Å². The summed E-state index contributed by atoms with van der Waals surface area (Å²) in [4.78, 5) is 1.92. The van der Waals surface area contributed by atoms with E-state index in [1.807, 2.05) is 36.2 Å². The first-order valence-electron chi connectivity index (χ1n) is 5.65. The average molecular weight is 240 g/mol. The number of hydrogen-bond acceptors (Lipinski definition) is 2. The molecule has 0 heterocycles. The van der Waals surface area contributed by atoms with Crippen molar-refractivity contribution in [2.24, 2.45) is 0 Å². The summed E-state index contributed by atoms with van der Waals surface area (Å²) in [6.07, 6.45) is 0. The first kappa shape index (κ1) is 12.1. The molecule has 0 unspecified atom stereocenters. The number of benzene rings is 2. The third-order valence-electron chi connectivity index (χ3n) is 2.79. The van der Waals surface area contributed by atoms with Crippen LogP contribution in [0, 0.1) is 17.1 Å². The monoisotopic (exact) mass is 240 g/mol. The van der Waals surface area contributed by atoms with Crippen LogP contribution in [0.3, 0.4) is 0 Å². The summed E-state index contributed by atoms with van der Waals surface area (Å²) >= 11 is 0. The summed E-state index contributed by atoms with van der Waals surface area (Å²) in [7, 11) is 1.88. The predicted molar refractivity (Wildman–Crippen MR) is 69.7 cm³/mol. The lowest BCUT2D eigenvalue weighted by atomic mass is 10.1. The lowest BCUT2D eigenvalue weighted by molar-refractivity contribution is 0.627. The minimum Gasteiger partial charge on any atom is -0.370 e. The number of hydrogen-bond donors (Lipinski definition) is 0. The van der Waals surface area contributed by atoms with E-state index < -0.39 is 0 Å². The second-order valence-corrected chi connectivity index (χ2v) is 4.10. The summed E-state index contributed by atoms with van der Waals surface area (Å²) in [5.41, 5.74) is 2.38. The molecule has 3 heteroatoms. The van der Waals surface area contributed by atoms with Gasteiger partial charge < -0.3 is 4.90 Å². The second-order valence-electron chi connectivity index (χ2n) is 4.10. The van der Waals surface area contributed by atoms with Crippen LogP contribution in [-0.2, 0) is 6.54 Å². The Labute approximate surface area is 106 Å². The van der Waals surface area contributed by atoms with E-state index in [2.05, 4.69) is 6.07 Å². The quantitative estimate of drug-likeness (QED) is 0.822. The molecule has 0 saturated carbocycles. The van der Waals surface area contributed by atoms with Gasteiger partial charge in [-0.25, -0.2) is 4.39 Å². The van der Waals surface area contributed by atoms with E-state index in [4.69, 9.17) is 5.26 Å². The Kier molecular flexibility index (Phi) is 3.59. The Morgan fingerprint density at radius 3 is 2.67 bits per heavy atom. The third-order valence-corrected chi connectivity index (χ3v) is 2.79. The molecule has 0 bridgehead atoms. The fraction of sp³-hybridized carbons (Fsp3) is 0.133. The Morgan fingerprint density at radius 1 is 1.17 bits per heavy atom. The standard InChI is InChI=1S/C15H13FN2/c1-18(15-8-4-7-14(16)9-15)11-13-6-3-2-5-12(13)10-17/h2-9H,11H2,1H3. The molecule has 0 aromatic heterocycles. The lowest BCUT2D eigenvalue weighted by Gasteiger charge is -2.20. The molecular formula is C15H13FN2. The summed E-state index contributed by atoms with van der Waals surface area (Å²) in [5, 5.41) is 9.02. The average Bonchev–Trinajstić information content (AvgIpc) is 2.39. The van der Waals surface area contributed by atoms with Crippen molar-refractivity contribution in [1.82, 2.24) is 0 Å². The van der Waals surface area contributed by atoms with Crippen molar-refractivity contribution in [3.8, 4) is 6.07 Å². The minimum atomic E-state index is -0.257. The number of nitriles is 1. The van der Waals surface area contributed by atoms with Gasteiger partial charge in [-0.2, -0.15) is 5.26 Å². The van der Waals surface area contributed by atoms with E-state index in [-0.39, 0.29) is 5.82 Å². The minimum absolute atomic E-state index is 0.257. The summed E-state index contributed by atoms with van der Waals surface area (Å²) in [6, 6.07) is 16.0. The van der Waals surface area contributed by atoms with E-state index in [1.165, 1.54) is 12.1 Å². The van der Waals surface area contributed by atoms with Gasteiger partial charge in [0.05, 0.1) is 11.6 Å². The number of anilines is 1. The van der Waals surface area contributed by atoms with Gasteiger partial charge >= 0.3 is 0 Å². The topological polar surface area (TPSA) is 27.0 Å². The van der Waals surface area contributed by atoms with Crippen molar-refractivity contribution in [2.45, 2.75) is 6.54 Å². The molecule has 2 aromatic rings. The number of nitrogens with zero attached hydrogens (tertiary/aromatic N) is 2. The van der Waals surface area contributed by atoms with E-state index in [0.29, 0.717) is 12.1 Å². The Morgan fingerprint density at radius 2 is 1.94 bits per heavy atom. The molecular weight excluding hydrogens is 227 g/mol. The van der Waals surface area contributed by atoms with Gasteiger partial charge in [-0.15, -0.1) is 0 Å². The highest BCUT2D eigenvalue weighted by Gasteiger charge is 2.06. The van der Waals surface area contributed by atoms with E-state index in [1.54, 1.807) is 12.1 Å². The van der Waals surface area contributed by atoms with Crippen LogP contribution in [0.1, 0.15) is 11.1 Å². The maximum Gasteiger partial charge on any atom is 0.125 e. The van der Waals surface area contributed by atoms with Crippen LogP contribution >= 0.6 is 0 Å². The van der Waals surface area contributed by atoms with Crippen molar-refractivity contribution in [2.75, 3.05) is 11.9 Å². The summed E-state index contributed by atoms with van der Waals surface area (Å²) in [5.74, 6) is -0.257. The highest BCUT2D eigenvalue weighted by atomic mass is 19.1. The first-order valence-corrected chi connectivity index (χ1v) is 5.65. The summed E-state index contributed by atoms with van der Waals surface area (Å²) in [6.45, 7) is 0.577. The van der Waals surface area contributed by atoms with Crippen LogP contribution in [0.5, 0.6) is 0 Å². The Hall–Kier alpha value is -2.34. The van der Waals surface area contributed by atoms with Crippen molar-refractivity contribution in [3.05, 3.63) is 65.5 Å². The van der Waals surface area contributed by atoms with Crippen LogP contribution in [-0.4, -0.2) is 7.05 Å². The Balaban J connectivity index is 2.22. The first-order chi connectivity index (χ1) is 8.70. The SMILES string of the molecule is CN(Cc1ccccc1C#N)c1cccc(F)c1. The molecule has 18 heavy (non-hydrogen) atoms. The van der Waals surface area contributed by atoms with Crippen LogP contribution in [0.15, 0.2) is 48.5 Å². The predicted octanol–water partition coefficient (Wildman–Crippen LogP) is 3.33. The zero-order valence-electron chi connectivity index (χ0n) is 10.1. The molecule has 0 atom stereocenters. The third kappa shape index (κ3) is 2.67. The maximum absolute atomic E-state index is 13.1. The van der Waals surface area contributed by atoms with Crippen molar-refractivity contribution >= 4 is 5.69 Å². The van der Waals surface area contributed by atoms with Gasteiger partial charge in [-0.1, -0.05) is 24.3 Å². The highest BCUT2D eigenvalue weighted by Crippen LogP contribution is 2.18. The second kappa shape index (κ2) is 5.33. The zero-order chi connectivity index (χ0) is 13.0. The van der Waals surface area contributed by atoms with E-state index >= 15 is 0 Å². The van der Waals surface area contributed by atoms with Crippen LogP contribution < -0.4 is 4.90 Å². The number of halogens is 1. The molecule has 0 amide bonds.